The Balaban J connectivity index is 2.59. The van der Waals surface area contributed by atoms with Crippen molar-refractivity contribution in [2.45, 2.75) is 65.7 Å². The first-order chi connectivity index (χ1) is 7.09. The molecule has 0 fully saturated rings. The van der Waals surface area contributed by atoms with Gasteiger partial charge in [0.25, 0.3) is 0 Å². The third kappa shape index (κ3) is 4.63. The summed E-state index contributed by atoms with van der Waals surface area (Å²) in [4.78, 5) is 11.0. The molecule has 0 radical (unpaired) electrons. The van der Waals surface area contributed by atoms with Gasteiger partial charge in [-0.1, -0.05) is 25.0 Å². The summed E-state index contributed by atoms with van der Waals surface area (Å²) in [6, 6.07) is 0. The van der Waals surface area contributed by atoms with E-state index in [4.69, 9.17) is 0 Å². The van der Waals surface area contributed by atoms with Crippen LogP contribution in [0.2, 0.25) is 0 Å². The zero-order valence-electron chi connectivity index (χ0n) is 10.4. The van der Waals surface area contributed by atoms with Crippen molar-refractivity contribution in [3.05, 3.63) is 11.1 Å². The molecule has 0 saturated carbocycles. The summed E-state index contributed by atoms with van der Waals surface area (Å²) in [5.41, 5.74) is 3.27. The molecule has 1 rings (SSSR count). The number of ketones is 1. The average Bonchev–Trinajstić information content (AvgIpc) is 2.15. The molecule has 0 spiro atoms. The molecule has 0 saturated heterocycles. The maximum absolute atomic E-state index is 11.0. The van der Waals surface area contributed by atoms with Crippen LogP contribution in [0.5, 0.6) is 0 Å². The number of carbonyl (C=O) groups is 1. The van der Waals surface area contributed by atoms with Crippen LogP contribution in [0.15, 0.2) is 11.1 Å². The Morgan fingerprint density at radius 3 is 2.33 bits per heavy atom. The lowest BCUT2D eigenvalue weighted by Gasteiger charge is -2.21. The minimum absolute atomic E-state index is 0.331. The molecule has 0 aromatic rings. The van der Waals surface area contributed by atoms with Gasteiger partial charge in [0.2, 0.25) is 0 Å². The van der Waals surface area contributed by atoms with Crippen molar-refractivity contribution in [1.82, 2.24) is 0 Å². The van der Waals surface area contributed by atoms with E-state index < -0.39 is 0 Å². The summed E-state index contributed by atoms with van der Waals surface area (Å²) in [5, 5.41) is 0. The van der Waals surface area contributed by atoms with E-state index in [0.717, 1.165) is 18.8 Å². The largest absolute Gasteiger partial charge is 0.300 e. The molecule has 0 atom stereocenters. The van der Waals surface area contributed by atoms with Crippen LogP contribution in [0.25, 0.3) is 0 Å². The van der Waals surface area contributed by atoms with Crippen molar-refractivity contribution < 1.29 is 4.79 Å². The molecule has 1 nitrogen and oxygen atoms in total. The van der Waals surface area contributed by atoms with Gasteiger partial charge in [0.05, 0.1) is 0 Å². The predicted molar refractivity (Wildman–Crippen MR) is 64.9 cm³/mol. The molecule has 1 aliphatic carbocycles. The highest BCUT2D eigenvalue weighted by Gasteiger charge is 2.13. The van der Waals surface area contributed by atoms with E-state index in [9.17, 15) is 4.79 Å². The van der Waals surface area contributed by atoms with Crippen molar-refractivity contribution in [2.75, 3.05) is 0 Å². The zero-order chi connectivity index (χ0) is 11.3. The van der Waals surface area contributed by atoms with E-state index in [2.05, 4.69) is 13.8 Å². The fourth-order valence-electron chi connectivity index (χ4n) is 2.40. The molecule has 15 heavy (non-hydrogen) atoms. The van der Waals surface area contributed by atoms with Crippen LogP contribution in [0, 0.1) is 5.92 Å². The van der Waals surface area contributed by atoms with Crippen molar-refractivity contribution in [3.8, 4) is 0 Å². The van der Waals surface area contributed by atoms with Gasteiger partial charge in [0, 0.05) is 6.42 Å². The number of allylic oxidation sites excluding steroid dienone is 2. The van der Waals surface area contributed by atoms with Gasteiger partial charge < -0.3 is 4.79 Å². The average molecular weight is 208 g/mol. The van der Waals surface area contributed by atoms with Crippen molar-refractivity contribution in [1.29, 1.82) is 0 Å². The van der Waals surface area contributed by atoms with Gasteiger partial charge in [-0.05, 0) is 51.4 Å². The van der Waals surface area contributed by atoms with E-state index in [0.29, 0.717) is 5.78 Å². The van der Waals surface area contributed by atoms with Crippen molar-refractivity contribution in [2.24, 2.45) is 5.92 Å². The Kier molecular flexibility index (Phi) is 5.07. The number of carbonyl (C=O) groups excluding carboxylic acids is 1. The second-order valence-corrected chi connectivity index (χ2v) is 5.21. The number of hydrogen-bond acceptors (Lipinski definition) is 1. The van der Waals surface area contributed by atoms with Gasteiger partial charge >= 0.3 is 0 Å². The first-order valence-electron chi connectivity index (χ1n) is 6.28. The Labute approximate surface area is 93.9 Å². The topological polar surface area (TPSA) is 17.1 Å². The maximum Gasteiger partial charge on any atom is 0.130 e. The predicted octanol–water partition coefficient (Wildman–Crippen LogP) is 4.27. The van der Waals surface area contributed by atoms with Crippen LogP contribution < -0.4 is 0 Å². The van der Waals surface area contributed by atoms with E-state index >= 15 is 0 Å². The summed E-state index contributed by atoms with van der Waals surface area (Å²) in [6.45, 7) is 6.26. The van der Waals surface area contributed by atoms with Crippen LogP contribution in [0.1, 0.15) is 65.7 Å². The third-order valence-electron chi connectivity index (χ3n) is 3.14. The van der Waals surface area contributed by atoms with E-state index in [1.807, 2.05) is 0 Å². The lowest BCUT2D eigenvalue weighted by atomic mass is 9.85. The monoisotopic (exact) mass is 208 g/mol. The smallest absolute Gasteiger partial charge is 0.130 e. The number of rotatable bonds is 5. The molecular formula is C14H24O. The highest BCUT2D eigenvalue weighted by molar-refractivity contribution is 5.75. The Bertz CT molecular complexity index is 248. The molecule has 86 valence electrons. The standard InChI is InChI=1S/C14H24O/c1-11(2)10-14-7-5-4-6-13(14)9-8-12(3)15/h11H,4-10H2,1-3H3. The van der Waals surface area contributed by atoms with E-state index in [1.54, 1.807) is 18.1 Å². The molecule has 0 aliphatic heterocycles. The first kappa shape index (κ1) is 12.5. The SMILES string of the molecule is CC(=O)CCC1=C(CC(C)C)CCCC1. The quantitative estimate of drug-likeness (QED) is 0.616. The fourth-order valence-corrected chi connectivity index (χ4v) is 2.40. The highest BCUT2D eigenvalue weighted by atomic mass is 16.1. The molecule has 0 amide bonds. The minimum Gasteiger partial charge on any atom is -0.300 e. The molecule has 0 N–H and O–H groups in total. The van der Waals surface area contributed by atoms with E-state index in [-0.39, 0.29) is 0 Å². The molecule has 0 aromatic heterocycles. The van der Waals surface area contributed by atoms with Gasteiger partial charge in [-0.25, -0.2) is 0 Å². The van der Waals surface area contributed by atoms with Crippen LogP contribution in [-0.2, 0) is 4.79 Å². The van der Waals surface area contributed by atoms with Crippen molar-refractivity contribution in [3.63, 3.8) is 0 Å². The fraction of sp³-hybridized carbons (Fsp3) is 0.786. The summed E-state index contributed by atoms with van der Waals surface area (Å²) >= 11 is 0. The highest BCUT2D eigenvalue weighted by Crippen LogP contribution is 2.31. The molecule has 0 bridgehead atoms. The summed E-state index contributed by atoms with van der Waals surface area (Å²) in [6.07, 6.45) is 8.22. The Morgan fingerprint density at radius 1 is 1.20 bits per heavy atom. The van der Waals surface area contributed by atoms with Gasteiger partial charge in [-0.2, -0.15) is 0 Å². The van der Waals surface area contributed by atoms with Crippen LogP contribution in [0.3, 0.4) is 0 Å². The Hall–Kier alpha value is -0.590. The first-order valence-corrected chi connectivity index (χ1v) is 6.28. The van der Waals surface area contributed by atoms with Gasteiger partial charge in [-0.15, -0.1) is 0 Å². The van der Waals surface area contributed by atoms with Gasteiger partial charge in [0.15, 0.2) is 0 Å². The lowest BCUT2D eigenvalue weighted by Crippen LogP contribution is -2.04. The molecule has 0 aromatic carbocycles. The molecule has 0 heterocycles. The van der Waals surface area contributed by atoms with Crippen LogP contribution >= 0.6 is 0 Å². The molecule has 1 aliphatic rings. The van der Waals surface area contributed by atoms with Crippen molar-refractivity contribution >= 4 is 5.78 Å². The third-order valence-corrected chi connectivity index (χ3v) is 3.14. The Morgan fingerprint density at radius 2 is 1.80 bits per heavy atom. The molecular weight excluding hydrogens is 184 g/mol. The van der Waals surface area contributed by atoms with Gasteiger partial charge in [-0.3, -0.25) is 0 Å². The second kappa shape index (κ2) is 6.09. The minimum atomic E-state index is 0.331. The lowest BCUT2D eigenvalue weighted by molar-refractivity contribution is -0.116. The second-order valence-electron chi connectivity index (χ2n) is 5.21. The number of Topliss-reactive ketones (excluding diaryl/α,β-unsaturated/α-hetero) is 1. The van der Waals surface area contributed by atoms with Crippen LogP contribution in [0.4, 0.5) is 0 Å². The van der Waals surface area contributed by atoms with Gasteiger partial charge in [0.1, 0.15) is 5.78 Å². The summed E-state index contributed by atoms with van der Waals surface area (Å²) in [7, 11) is 0. The van der Waals surface area contributed by atoms with E-state index in [1.165, 1.54) is 32.1 Å². The normalized spacial score (nSPS) is 17.3. The number of hydrogen-bond donors (Lipinski definition) is 0. The summed E-state index contributed by atoms with van der Waals surface area (Å²) in [5.74, 6) is 1.09. The molecule has 0 unspecified atom stereocenters. The van der Waals surface area contributed by atoms with Crippen LogP contribution in [-0.4, -0.2) is 5.78 Å². The zero-order valence-corrected chi connectivity index (χ0v) is 10.4. The summed E-state index contributed by atoms with van der Waals surface area (Å²) < 4.78 is 0. The maximum atomic E-state index is 11.0. The molecule has 1 heteroatoms.